The molecule has 0 atom stereocenters. The highest BCUT2D eigenvalue weighted by Crippen LogP contribution is 2.36. The van der Waals surface area contributed by atoms with E-state index in [2.05, 4.69) is 47.8 Å². The van der Waals surface area contributed by atoms with Gasteiger partial charge in [0, 0.05) is 4.47 Å². The summed E-state index contributed by atoms with van der Waals surface area (Å²) in [5.41, 5.74) is 0. The van der Waals surface area contributed by atoms with Crippen LogP contribution in [-0.4, -0.2) is 17.7 Å². The molecule has 0 aliphatic rings. The Balaban J connectivity index is 3.02. The van der Waals surface area contributed by atoms with E-state index < -0.39 is 12.6 Å². The Morgan fingerprint density at radius 2 is 1.79 bits per heavy atom. The fraction of sp³-hybridized carbons (Fsp3) is 0.125. The third kappa shape index (κ3) is 3.05. The largest absolute Gasteiger partial charge is 0.422 e. The standard InChI is InChI=1S/C8H5Br3O3/c9-4-1-5(10)8(6(11)2-4)14-7(13)3-12/h1-2,12H,3H2. The first-order chi connectivity index (χ1) is 6.54. The summed E-state index contributed by atoms with van der Waals surface area (Å²) < 4.78 is 6.97. The highest BCUT2D eigenvalue weighted by atomic mass is 79.9. The van der Waals surface area contributed by atoms with Gasteiger partial charge in [0.1, 0.15) is 6.61 Å². The Kier molecular flexibility index (Phi) is 4.56. The van der Waals surface area contributed by atoms with Crippen LogP contribution in [0.1, 0.15) is 0 Å². The van der Waals surface area contributed by atoms with Crippen molar-refractivity contribution in [3.63, 3.8) is 0 Å². The second-order valence-corrected chi connectivity index (χ2v) is 4.96. The highest BCUT2D eigenvalue weighted by molar-refractivity contribution is 9.11. The molecule has 0 saturated heterocycles. The maximum absolute atomic E-state index is 10.8. The average molecular weight is 389 g/mol. The van der Waals surface area contributed by atoms with E-state index in [1.165, 1.54) is 0 Å². The summed E-state index contributed by atoms with van der Waals surface area (Å²) in [6.07, 6.45) is 0. The Bertz CT molecular complexity index is 342. The molecule has 0 saturated carbocycles. The Hall–Kier alpha value is 0.0900. The monoisotopic (exact) mass is 386 g/mol. The van der Waals surface area contributed by atoms with Crippen LogP contribution in [0.2, 0.25) is 0 Å². The summed E-state index contributed by atoms with van der Waals surface area (Å²) in [7, 11) is 0. The van der Waals surface area contributed by atoms with Gasteiger partial charge in [-0.3, -0.25) is 0 Å². The molecule has 0 aliphatic carbocycles. The van der Waals surface area contributed by atoms with Crippen LogP contribution in [0, 0.1) is 0 Å². The number of aliphatic hydroxyl groups excluding tert-OH is 1. The number of hydrogen-bond donors (Lipinski definition) is 1. The topological polar surface area (TPSA) is 46.5 Å². The van der Waals surface area contributed by atoms with E-state index in [4.69, 9.17) is 9.84 Å². The minimum absolute atomic E-state index is 0.354. The van der Waals surface area contributed by atoms with Crippen molar-refractivity contribution in [2.75, 3.05) is 6.61 Å². The molecule has 0 aromatic heterocycles. The first-order valence-electron chi connectivity index (χ1n) is 3.50. The zero-order valence-electron chi connectivity index (χ0n) is 6.76. The van der Waals surface area contributed by atoms with E-state index in [9.17, 15) is 4.79 Å². The molecule has 1 rings (SSSR count). The molecule has 0 spiro atoms. The van der Waals surface area contributed by atoms with Gasteiger partial charge in [0.2, 0.25) is 0 Å². The summed E-state index contributed by atoms with van der Waals surface area (Å²) in [6, 6.07) is 3.48. The lowest BCUT2D eigenvalue weighted by molar-refractivity contribution is -0.137. The Morgan fingerprint density at radius 3 is 2.21 bits per heavy atom. The van der Waals surface area contributed by atoms with Crippen LogP contribution in [-0.2, 0) is 4.79 Å². The maximum Gasteiger partial charge on any atom is 0.337 e. The number of halogens is 3. The summed E-state index contributed by atoms with van der Waals surface area (Å²) in [6.45, 7) is -0.644. The van der Waals surface area contributed by atoms with Gasteiger partial charge < -0.3 is 9.84 Å². The lowest BCUT2D eigenvalue weighted by Gasteiger charge is -2.07. The molecule has 1 aromatic carbocycles. The lowest BCUT2D eigenvalue weighted by atomic mass is 10.3. The Labute approximate surface area is 106 Å². The van der Waals surface area contributed by atoms with E-state index in [0.717, 1.165) is 4.47 Å². The number of ether oxygens (including phenoxy) is 1. The summed E-state index contributed by atoms with van der Waals surface area (Å²) in [5.74, 6) is -0.346. The van der Waals surface area contributed by atoms with Crippen molar-refractivity contribution in [3.8, 4) is 5.75 Å². The lowest BCUT2D eigenvalue weighted by Crippen LogP contribution is -2.12. The minimum atomic E-state index is -0.700. The second kappa shape index (κ2) is 5.25. The van der Waals surface area contributed by atoms with E-state index >= 15 is 0 Å². The molecule has 0 heterocycles. The van der Waals surface area contributed by atoms with Crippen LogP contribution in [0.15, 0.2) is 25.6 Å². The summed E-state index contributed by atoms with van der Waals surface area (Å²) in [4.78, 5) is 10.8. The van der Waals surface area contributed by atoms with Gasteiger partial charge >= 0.3 is 5.97 Å². The van der Waals surface area contributed by atoms with Gasteiger partial charge in [0.15, 0.2) is 5.75 Å². The first kappa shape index (κ1) is 12.2. The fourth-order valence-corrected chi connectivity index (χ4v) is 3.19. The number of hydrogen-bond acceptors (Lipinski definition) is 3. The van der Waals surface area contributed by atoms with Gasteiger partial charge in [-0.1, -0.05) is 15.9 Å². The third-order valence-corrected chi connectivity index (χ3v) is 2.94. The maximum atomic E-state index is 10.8. The third-order valence-electron chi connectivity index (χ3n) is 1.31. The molecule has 0 fully saturated rings. The second-order valence-electron chi connectivity index (χ2n) is 2.33. The molecule has 6 heteroatoms. The Morgan fingerprint density at radius 1 is 1.29 bits per heavy atom. The molecule has 14 heavy (non-hydrogen) atoms. The zero-order valence-corrected chi connectivity index (χ0v) is 11.5. The molecule has 0 aliphatic heterocycles. The molecule has 0 bridgehead atoms. The van der Waals surface area contributed by atoms with Crippen molar-refractivity contribution >= 4 is 53.8 Å². The van der Waals surface area contributed by atoms with E-state index in [-0.39, 0.29) is 0 Å². The average Bonchev–Trinajstić information content (AvgIpc) is 2.10. The zero-order chi connectivity index (χ0) is 10.7. The van der Waals surface area contributed by atoms with Gasteiger partial charge in [-0.25, -0.2) is 4.79 Å². The predicted molar refractivity (Wildman–Crippen MR) is 62.3 cm³/mol. The van der Waals surface area contributed by atoms with Crippen LogP contribution in [0.4, 0.5) is 0 Å². The molecule has 0 unspecified atom stereocenters. The van der Waals surface area contributed by atoms with Gasteiger partial charge in [0.05, 0.1) is 8.95 Å². The molecule has 0 amide bonds. The normalized spacial score (nSPS) is 10.0. The molecule has 3 nitrogen and oxygen atoms in total. The van der Waals surface area contributed by atoms with Crippen molar-refractivity contribution < 1.29 is 14.6 Å². The molecule has 1 N–H and O–H groups in total. The van der Waals surface area contributed by atoms with Crippen LogP contribution in [0.3, 0.4) is 0 Å². The van der Waals surface area contributed by atoms with Crippen LogP contribution >= 0.6 is 47.8 Å². The van der Waals surface area contributed by atoms with E-state index in [0.29, 0.717) is 14.7 Å². The van der Waals surface area contributed by atoms with Crippen LogP contribution < -0.4 is 4.74 Å². The van der Waals surface area contributed by atoms with Gasteiger partial charge in [-0.05, 0) is 44.0 Å². The highest BCUT2D eigenvalue weighted by Gasteiger charge is 2.11. The SMILES string of the molecule is O=C(CO)Oc1c(Br)cc(Br)cc1Br. The van der Waals surface area contributed by atoms with Crippen molar-refractivity contribution in [2.45, 2.75) is 0 Å². The van der Waals surface area contributed by atoms with Gasteiger partial charge in [-0.15, -0.1) is 0 Å². The molecular weight excluding hydrogens is 384 g/mol. The molecular formula is C8H5Br3O3. The number of esters is 1. The summed E-state index contributed by atoms with van der Waals surface area (Å²) in [5, 5.41) is 8.52. The molecule has 1 aromatic rings. The fourth-order valence-electron chi connectivity index (χ4n) is 0.773. The van der Waals surface area contributed by atoms with Crippen molar-refractivity contribution in [1.29, 1.82) is 0 Å². The van der Waals surface area contributed by atoms with Crippen molar-refractivity contribution in [3.05, 3.63) is 25.6 Å². The van der Waals surface area contributed by atoms with Gasteiger partial charge in [-0.2, -0.15) is 0 Å². The minimum Gasteiger partial charge on any atom is -0.422 e. The van der Waals surface area contributed by atoms with Crippen molar-refractivity contribution in [2.24, 2.45) is 0 Å². The number of rotatable bonds is 2. The number of carbonyl (C=O) groups excluding carboxylic acids is 1. The number of benzene rings is 1. The number of aliphatic hydroxyl groups is 1. The van der Waals surface area contributed by atoms with Crippen LogP contribution in [0.25, 0.3) is 0 Å². The summed E-state index contributed by atoms with van der Waals surface area (Å²) >= 11 is 9.75. The number of carbonyl (C=O) groups is 1. The smallest absolute Gasteiger partial charge is 0.337 e. The predicted octanol–water partition coefficient (Wildman–Crippen LogP) is 2.87. The quantitative estimate of drug-likeness (QED) is 0.626. The molecule has 76 valence electrons. The molecule has 0 radical (unpaired) electrons. The van der Waals surface area contributed by atoms with Crippen molar-refractivity contribution in [1.82, 2.24) is 0 Å². The van der Waals surface area contributed by atoms with Gasteiger partial charge in [0.25, 0.3) is 0 Å². The first-order valence-corrected chi connectivity index (χ1v) is 5.88. The van der Waals surface area contributed by atoms with E-state index in [1.54, 1.807) is 12.1 Å². The van der Waals surface area contributed by atoms with Crippen LogP contribution in [0.5, 0.6) is 5.75 Å². The van der Waals surface area contributed by atoms with E-state index in [1.807, 2.05) is 0 Å².